The zero-order valence-corrected chi connectivity index (χ0v) is 16.4. The number of ether oxygens (including phenoxy) is 1. The predicted molar refractivity (Wildman–Crippen MR) is 99.7 cm³/mol. The minimum Gasteiger partial charge on any atom is -0.369 e. The maximum absolute atomic E-state index is 12.4. The molecule has 1 saturated heterocycles. The number of nitrogens with zero attached hydrogens (tertiary/aromatic N) is 2. The van der Waals surface area contributed by atoms with E-state index in [-0.39, 0.29) is 17.7 Å². The number of rotatable bonds is 7. The number of anilines is 1. The van der Waals surface area contributed by atoms with Crippen molar-refractivity contribution >= 4 is 28.3 Å². The lowest BCUT2D eigenvalue weighted by atomic mass is 9.95. The molecule has 0 spiro atoms. The number of likely N-dealkylation sites (tertiary alicyclic amines) is 1. The predicted octanol–water partition coefficient (Wildman–Crippen LogP) is 3.08. The molecule has 1 atom stereocenters. The third-order valence-corrected chi connectivity index (χ3v) is 5.31. The fraction of sp³-hybridized carbons (Fsp3) is 0.722. The maximum atomic E-state index is 12.4. The Labute approximate surface area is 154 Å². The first-order valence-corrected chi connectivity index (χ1v) is 9.88. The number of carbonyl (C=O) groups is 2. The summed E-state index contributed by atoms with van der Waals surface area (Å²) in [5.74, 6) is 0.532. The van der Waals surface area contributed by atoms with E-state index in [9.17, 15) is 9.59 Å². The van der Waals surface area contributed by atoms with Crippen LogP contribution in [0.4, 0.5) is 5.13 Å². The molecular weight excluding hydrogens is 338 g/mol. The quantitative estimate of drug-likeness (QED) is 0.804. The van der Waals surface area contributed by atoms with Crippen molar-refractivity contribution in [3.63, 3.8) is 0 Å². The summed E-state index contributed by atoms with van der Waals surface area (Å²) in [6.07, 6.45) is 1.90. The third kappa shape index (κ3) is 6.08. The first-order valence-electron chi connectivity index (χ1n) is 9.00. The smallest absolute Gasteiger partial charge is 0.251 e. The van der Waals surface area contributed by atoms with Crippen molar-refractivity contribution < 1.29 is 14.3 Å². The van der Waals surface area contributed by atoms with Crippen molar-refractivity contribution in [1.29, 1.82) is 0 Å². The van der Waals surface area contributed by atoms with E-state index in [4.69, 9.17) is 4.74 Å². The normalized spacial score (nSPS) is 16.9. The molecule has 0 unspecified atom stereocenters. The van der Waals surface area contributed by atoms with Gasteiger partial charge in [-0.2, -0.15) is 0 Å². The molecular formula is C18H29N3O3S. The van der Waals surface area contributed by atoms with Gasteiger partial charge in [0.2, 0.25) is 5.91 Å². The van der Waals surface area contributed by atoms with Gasteiger partial charge in [-0.15, -0.1) is 11.3 Å². The van der Waals surface area contributed by atoms with Gasteiger partial charge in [-0.3, -0.25) is 9.59 Å². The molecule has 2 rings (SSSR count). The molecule has 1 aliphatic rings. The van der Waals surface area contributed by atoms with Crippen LogP contribution in [0.3, 0.4) is 0 Å². The summed E-state index contributed by atoms with van der Waals surface area (Å²) < 4.78 is 5.65. The molecule has 2 heterocycles. The fourth-order valence-corrected chi connectivity index (χ4v) is 3.48. The van der Waals surface area contributed by atoms with E-state index < -0.39 is 6.10 Å². The molecule has 7 heteroatoms. The van der Waals surface area contributed by atoms with Crippen LogP contribution < -0.4 is 5.32 Å². The summed E-state index contributed by atoms with van der Waals surface area (Å²) in [5, 5.41) is 5.44. The Balaban J connectivity index is 1.74. The Hall–Kier alpha value is -1.47. The highest BCUT2D eigenvalue weighted by atomic mass is 32.1. The van der Waals surface area contributed by atoms with Crippen LogP contribution >= 0.6 is 11.3 Å². The van der Waals surface area contributed by atoms with Gasteiger partial charge in [0.05, 0.1) is 5.69 Å². The summed E-state index contributed by atoms with van der Waals surface area (Å²) in [6, 6.07) is 0. The first kappa shape index (κ1) is 19.8. The number of piperidine rings is 1. The summed E-state index contributed by atoms with van der Waals surface area (Å²) in [5.41, 5.74) is 0.909. The number of carbonyl (C=O) groups excluding carboxylic acids is 2. The lowest BCUT2D eigenvalue weighted by Gasteiger charge is -2.32. The summed E-state index contributed by atoms with van der Waals surface area (Å²) in [6.45, 7) is 9.80. The average Bonchev–Trinajstić information content (AvgIpc) is 2.98. The molecule has 0 aliphatic carbocycles. The van der Waals surface area contributed by atoms with Crippen LogP contribution in [-0.4, -0.2) is 47.5 Å². The largest absolute Gasteiger partial charge is 0.369 e. The van der Waals surface area contributed by atoms with E-state index >= 15 is 0 Å². The standard InChI is InChI=1S/C18H29N3O3S/c1-12(2)7-10-24-14(4)17(23)21-8-5-15(6-9-21)16(22)20-18-19-13(3)11-25-18/h11-12,14-15H,5-10H2,1-4H3,(H,19,20,22)/t14-/m0/s1. The molecule has 0 saturated carbocycles. The number of nitrogens with one attached hydrogen (secondary N) is 1. The van der Waals surface area contributed by atoms with Crippen LogP contribution in [-0.2, 0) is 14.3 Å². The SMILES string of the molecule is Cc1csc(NC(=O)C2CCN(C(=O)[C@H](C)OCCC(C)C)CC2)n1. The van der Waals surface area contributed by atoms with Crippen molar-refractivity contribution in [2.45, 2.75) is 53.1 Å². The topological polar surface area (TPSA) is 71.5 Å². The Morgan fingerprint density at radius 1 is 1.36 bits per heavy atom. The number of amides is 2. The van der Waals surface area contributed by atoms with Gasteiger partial charge in [-0.1, -0.05) is 13.8 Å². The first-order chi connectivity index (χ1) is 11.9. The molecule has 0 bridgehead atoms. The third-order valence-electron chi connectivity index (χ3n) is 4.44. The van der Waals surface area contributed by atoms with Gasteiger partial charge in [-0.05, 0) is 39.0 Å². The van der Waals surface area contributed by atoms with E-state index in [1.807, 2.05) is 24.1 Å². The van der Waals surface area contributed by atoms with Gasteiger partial charge in [-0.25, -0.2) is 4.98 Å². The van der Waals surface area contributed by atoms with Crippen molar-refractivity contribution in [2.24, 2.45) is 11.8 Å². The van der Waals surface area contributed by atoms with Crippen LogP contribution in [0.2, 0.25) is 0 Å². The molecule has 6 nitrogen and oxygen atoms in total. The Morgan fingerprint density at radius 2 is 2.04 bits per heavy atom. The van der Waals surface area contributed by atoms with Crippen LogP contribution in [0.5, 0.6) is 0 Å². The van der Waals surface area contributed by atoms with Crippen molar-refractivity contribution in [3.8, 4) is 0 Å². The van der Waals surface area contributed by atoms with Crippen LogP contribution in [0.15, 0.2) is 5.38 Å². The van der Waals surface area contributed by atoms with E-state index in [2.05, 4.69) is 24.1 Å². The van der Waals surface area contributed by atoms with Gasteiger partial charge >= 0.3 is 0 Å². The molecule has 140 valence electrons. The molecule has 1 aliphatic heterocycles. The van der Waals surface area contributed by atoms with E-state index in [0.29, 0.717) is 43.6 Å². The second-order valence-electron chi connectivity index (χ2n) is 7.08. The molecule has 1 N–H and O–H groups in total. The van der Waals surface area contributed by atoms with Gasteiger partial charge in [0.1, 0.15) is 6.10 Å². The second-order valence-corrected chi connectivity index (χ2v) is 7.94. The molecule has 1 aromatic rings. The highest BCUT2D eigenvalue weighted by Crippen LogP contribution is 2.22. The van der Waals surface area contributed by atoms with E-state index in [0.717, 1.165) is 12.1 Å². The Kier molecular flexibility index (Phi) is 7.38. The number of aryl methyl sites for hydroxylation is 1. The number of aromatic nitrogens is 1. The molecule has 25 heavy (non-hydrogen) atoms. The molecule has 1 aromatic heterocycles. The number of hydrogen-bond acceptors (Lipinski definition) is 5. The molecule has 0 radical (unpaired) electrons. The average molecular weight is 368 g/mol. The van der Waals surface area contributed by atoms with Gasteiger partial charge in [0.25, 0.3) is 5.91 Å². The monoisotopic (exact) mass is 367 g/mol. The minimum atomic E-state index is -0.414. The van der Waals surface area contributed by atoms with Crippen LogP contribution in [0.1, 0.15) is 45.7 Å². The lowest BCUT2D eigenvalue weighted by Crippen LogP contribution is -2.45. The van der Waals surface area contributed by atoms with Gasteiger partial charge in [0.15, 0.2) is 5.13 Å². The number of hydrogen-bond donors (Lipinski definition) is 1. The van der Waals surface area contributed by atoms with Gasteiger partial charge < -0.3 is 15.0 Å². The highest BCUT2D eigenvalue weighted by Gasteiger charge is 2.29. The second kappa shape index (κ2) is 9.29. The molecule has 2 amide bonds. The zero-order chi connectivity index (χ0) is 18.4. The van der Waals surface area contributed by atoms with Crippen molar-refractivity contribution in [2.75, 3.05) is 25.0 Å². The van der Waals surface area contributed by atoms with Crippen LogP contribution in [0.25, 0.3) is 0 Å². The summed E-state index contributed by atoms with van der Waals surface area (Å²) in [7, 11) is 0. The van der Waals surface area contributed by atoms with Crippen molar-refractivity contribution in [1.82, 2.24) is 9.88 Å². The summed E-state index contributed by atoms with van der Waals surface area (Å²) in [4.78, 5) is 30.8. The maximum Gasteiger partial charge on any atom is 0.251 e. The molecule has 0 aromatic carbocycles. The van der Waals surface area contributed by atoms with E-state index in [1.54, 1.807) is 0 Å². The summed E-state index contributed by atoms with van der Waals surface area (Å²) >= 11 is 1.44. The highest BCUT2D eigenvalue weighted by molar-refractivity contribution is 7.13. The van der Waals surface area contributed by atoms with Crippen molar-refractivity contribution in [3.05, 3.63) is 11.1 Å². The van der Waals surface area contributed by atoms with Crippen LogP contribution in [0, 0.1) is 18.8 Å². The molecule has 1 fully saturated rings. The lowest BCUT2D eigenvalue weighted by molar-refractivity contribution is -0.145. The Bertz CT molecular complexity index is 580. The van der Waals surface area contributed by atoms with Gasteiger partial charge in [0, 0.05) is 31.0 Å². The van der Waals surface area contributed by atoms with E-state index in [1.165, 1.54) is 11.3 Å². The fourth-order valence-electron chi connectivity index (χ4n) is 2.79. The number of thiazole rings is 1. The Morgan fingerprint density at radius 3 is 2.60 bits per heavy atom. The zero-order valence-electron chi connectivity index (χ0n) is 15.6. The minimum absolute atomic E-state index is 0.00248.